The van der Waals surface area contributed by atoms with Crippen LogP contribution in [0.15, 0.2) is 0 Å². The Balaban J connectivity index is 1.74. The highest BCUT2D eigenvalue weighted by Gasteiger charge is 2.28. The summed E-state index contributed by atoms with van der Waals surface area (Å²) >= 11 is 1.49. The van der Waals surface area contributed by atoms with Crippen molar-refractivity contribution in [3.8, 4) is 0 Å². The Hall–Kier alpha value is -0.660. The summed E-state index contributed by atoms with van der Waals surface area (Å²) in [7, 11) is -3.29. The molecule has 1 saturated heterocycles. The average molecular weight is 287 g/mol. The number of hydrogen-bond donors (Lipinski definition) is 2. The van der Waals surface area contributed by atoms with Crippen molar-refractivity contribution in [2.75, 3.05) is 17.8 Å². The van der Waals surface area contributed by atoms with E-state index in [9.17, 15) is 8.42 Å². The van der Waals surface area contributed by atoms with Crippen LogP contribution < -0.4 is 10.0 Å². The monoisotopic (exact) mass is 287 g/mol. The van der Waals surface area contributed by atoms with Crippen LogP contribution in [0, 0.1) is 0 Å². The third kappa shape index (κ3) is 2.39. The molecule has 18 heavy (non-hydrogen) atoms. The molecule has 5 nitrogen and oxygen atoms in total. The van der Waals surface area contributed by atoms with Crippen molar-refractivity contribution in [1.82, 2.24) is 10.3 Å². The molecule has 2 aliphatic rings. The van der Waals surface area contributed by atoms with Crippen LogP contribution in [0.25, 0.3) is 0 Å². The molecule has 3 rings (SSSR count). The zero-order chi connectivity index (χ0) is 12.6. The molecular formula is C11H17N3O2S2. The molecule has 100 valence electrons. The fourth-order valence-electron chi connectivity index (χ4n) is 2.52. The number of sulfonamides is 1. The van der Waals surface area contributed by atoms with E-state index < -0.39 is 10.0 Å². The predicted molar refractivity (Wildman–Crippen MR) is 72.6 cm³/mol. The highest BCUT2D eigenvalue weighted by Crippen LogP contribution is 2.31. The average Bonchev–Trinajstić information content (AvgIpc) is 2.90. The number of nitrogens with one attached hydrogen (secondary N) is 2. The Morgan fingerprint density at radius 3 is 2.94 bits per heavy atom. The van der Waals surface area contributed by atoms with Gasteiger partial charge in [0.05, 0.1) is 10.9 Å². The normalized spacial score (nSPS) is 23.9. The second-order valence-corrected chi connectivity index (χ2v) is 7.90. The van der Waals surface area contributed by atoms with Gasteiger partial charge in [0.2, 0.25) is 10.0 Å². The van der Waals surface area contributed by atoms with E-state index in [1.54, 1.807) is 0 Å². The first-order valence-corrected chi connectivity index (χ1v) is 8.72. The second-order valence-electron chi connectivity index (χ2n) is 4.86. The molecular weight excluding hydrogens is 270 g/mol. The number of nitrogens with zero attached hydrogens (tertiary/aromatic N) is 1. The van der Waals surface area contributed by atoms with Crippen molar-refractivity contribution >= 4 is 26.5 Å². The van der Waals surface area contributed by atoms with Crippen LogP contribution in [-0.4, -0.2) is 31.7 Å². The molecule has 0 radical (unpaired) electrons. The van der Waals surface area contributed by atoms with E-state index in [0.717, 1.165) is 44.3 Å². The predicted octanol–water partition coefficient (Wildman–Crippen LogP) is 1.13. The molecule has 0 amide bonds. The molecule has 0 saturated carbocycles. The van der Waals surface area contributed by atoms with Gasteiger partial charge in [-0.15, -0.1) is 11.3 Å². The molecule has 2 heterocycles. The fourth-order valence-corrected chi connectivity index (χ4v) is 5.21. The minimum Gasteiger partial charge on any atom is -0.315 e. The molecule has 0 spiro atoms. The third-order valence-electron chi connectivity index (χ3n) is 3.52. The first kappa shape index (κ1) is 12.4. The van der Waals surface area contributed by atoms with Gasteiger partial charge in [-0.25, -0.2) is 13.4 Å². The number of hydrogen-bond acceptors (Lipinski definition) is 5. The van der Waals surface area contributed by atoms with Crippen LogP contribution >= 0.6 is 11.3 Å². The van der Waals surface area contributed by atoms with Gasteiger partial charge >= 0.3 is 0 Å². The Kier molecular flexibility index (Phi) is 3.29. The summed E-state index contributed by atoms with van der Waals surface area (Å²) < 4.78 is 27.1. The minimum absolute atomic E-state index is 0.329. The van der Waals surface area contributed by atoms with Crippen LogP contribution in [0.3, 0.4) is 0 Å². The van der Waals surface area contributed by atoms with Crippen molar-refractivity contribution in [3.05, 3.63) is 10.6 Å². The van der Waals surface area contributed by atoms with Crippen LogP contribution in [-0.2, 0) is 22.9 Å². The molecule has 1 aromatic rings. The van der Waals surface area contributed by atoms with Crippen molar-refractivity contribution in [2.45, 2.75) is 37.4 Å². The van der Waals surface area contributed by atoms with E-state index in [0.29, 0.717) is 11.7 Å². The maximum Gasteiger partial charge on any atom is 0.238 e. The number of aryl methyl sites for hydroxylation is 2. The standard InChI is InChI=1S/C11H17N3O2S2/c15-18(16,8-3-2-6-12-7-8)14-11-13-9-4-1-5-10(9)17-11/h8,12H,1-7H2,(H,13,14). The topological polar surface area (TPSA) is 71.1 Å². The smallest absolute Gasteiger partial charge is 0.238 e. The second kappa shape index (κ2) is 4.79. The SMILES string of the molecule is O=S(=O)(Nc1nc2c(s1)CCC2)C1CCCNC1. The summed E-state index contributed by atoms with van der Waals surface area (Å²) in [5.41, 5.74) is 1.08. The molecule has 1 aromatic heterocycles. The van der Waals surface area contributed by atoms with Crippen molar-refractivity contribution in [2.24, 2.45) is 0 Å². The lowest BCUT2D eigenvalue weighted by atomic mass is 10.2. The largest absolute Gasteiger partial charge is 0.315 e. The minimum atomic E-state index is -3.29. The van der Waals surface area contributed by atoms with E-state index in [1.165, 1.54) is 16.2 Å². The van der Waals surface area contributed by atoms with E-state index in [2.05, 4.69) is 15.0 Å². The Bertz CT molecular complexity index is 511. The summed E-state index contributed by atoms with van der Waals surface area (Å²) in [6, 6.07) is 0. The Morgan fingerprint density at radius 1 is 1.33 bits per heavy atom. The van der Waals surface area contributed by atoms with Crippen LogP contribution in [0.5, 0.6) is 0 Å². The first-order chi connectivity index (χ1) is 8.65. The Morgan fingerprint density at radius 2 is 2.22 bits per heavy atom. The van der Waals surface area contributed by atoms with Gasteiger partial charge in [-0.3, -0.25) is 4.72 Å². The molecule has 1 aliphatic heterocycles. The molecule has 1 fully saturated rings. The number of fused-ring (bicyclic) bond motifs is 1. The van der Waals surface area contributed by atoms with Crippen LogP contribution in [0.1, 0.15) is 29.8 Å². The third-order valence-corrected chi connectivity index (χ3v) is 6.48. The number of piperidine rings is 1. The number of rotatable bonds is 3. The highest BCUT2D eigenvalue weighted by atomic mass is 32.2. The van der Waals surface area contributed by atoms with Gasteiger partial charge in [0.1, 0.15) is 0 Å². The number of thiazole rings is 1. The van der Waals surface area contributed by atoms with Gasteiger partial charge in [0.15, 0.2) is 5.13 Å². The lowest BCUT2D eigenvalue weighted by molar-refractivity contribution is 0.499. The molecule has 1 aliphatic carbocycles. The lowest BCUT2D eigenvalue weighted by Crippen LogP contribution is -2.41. The summed E-state index contributed by atoms with van der Waals surface area (Å²) in [6.07, 6.45) is 4.82. The van der Waals surface area contributed by atoms with Crippen molar-refractivity contribution < 1.29 is 8.42 Å². The van der Waals surface area contributed by atoms with Gasteiger partial charge in [0.25, 0.3) is 0 Å². The summed E-state index contributed by atoms with van der Waals surface area (Å²) in [4.78, 5) is 5.62. The number of aromatic nitrogens is 1. The quantitative estimate of drug-likeness (QED) is 0.874. The lowest BCUT2D eigenvalue weighted by Gasteiger charge is -2.22. The maximum atomic E-state index is 12.2. The maximum absolute atomic E-state index is 12.2. The van der Waals surface area contributed by atoms with E-state index in [-0.39, 0.29) is 5.25 Å². The molecule has 1 atom stereocenters. The van der Waals surface area contributed by atoms with Crippen molar-refractivity contribution in [1.29, 1.82) is 0 Å². The Labute approximate surface area is 111 Å². The van der Waals surface area contributed by atoms with E-state index in [1.807, 2.05) is 0 Å². The summed E-state index contributed by atoms with van der Waals surface area (Å²) in [5, 5.41) is 3.35. The van der Waals surface area contributed by atoms with Crippen molar-refractivity contribution in [3.63, 3.8) is 0 Å². The van der Waals surface area contributed by atoms with Crippen LogP contribution in [0.2, 0.25) is 0 Å². The van der Waals surface area contributed by atoms with Gasteiger partial charge in [-0.1, -0.05) is 0 Å². The zero-order valence-corrected chi connectivity index (χ0v) is 11.7. The molecule has 0 bridgehead atoms. The van der Waals surface area contributed by atoms with E-state index in [4.69, 9.17) is 0 Å². The summed E-state index contributed by atoms with van der Waals surface area (Å²) in [5.74, 6) is 0. The molecule has 1 unspecified atom stereocenters. The first-order valence-electron chi connectivity index (χ1n) is 6.36. The molecule has 7 heteroatoms. The van der Waals surface area contributed by atoms with Gasteiger partial charge in [-0.2, -0.15) is 0 Å². The molecule has 2 N–H and O–H groups in total. The fraction of sp³-hybridized carbons (Fsp3) is 0.727. The van der Waals surface area contributed by atoms with Gasteiger partial charge < -0.3 is 5.32 Å². The highest BCUT2D eigenvalue weighted by molar-refractivity contribution is 7.93. The van der Waals surface area contributed by atoms with E-state index >= 15 is 0 Å². The van der Waals surface area contributed by atoms with Gasteiger partial charge in [-0.05, 0) is 38.6 Å². The molecule has 0 aromatic carbocycles. The van der Waals surface area contributed by atoms with Crippen LogP contribution in [0.4, 0.5) is 5.13 Å². The zero-order valence-electron chi connectivity index (χ0n) is 10.1. The van der Waals surface area contributed by atoms with Gasteiger partial charge in [0, 0.05) is 11.4 Å². The summed E-state index contributed by atoms with van der Waals surface area (Å²) in [6.45, 7) is 1.46. The number of anilines is 1.